The third kappa shape index (κ3) is 9.77. The Labute approximate surface area is 201 Å². The number of hydrogen-bond acceptors (Lipinski definition) is 4. The van der Waals surface area contributed by atoms with Crippen molar-refractivity contribution in [3.63, 3.8) is 0 Å². The predicted octanol–water partition coefficient (Wildman–Crippen LogP) is 6.88. The number of aromatic hydroxyl groups is 2. The molecular weight excluding hydrogens is 412 g/mol. The summed E-state index contributed by atoms with van der Waals surface area (Å²) in [6.07, 6.45) is 13.2. The van der Waals surface area contributed by atoms with Crippen LogP contribution in [0.3, 0.4) is 0 Å². The van der Waals surface area contributed by atoms with Crippen molar-refractivity contribution in [1.82, 2.24) is 0 Å². The van der Waals surface area contributed by atoms with Crippen LogP contribution in [0, 0.1) is 20.8 Å². The Morgan fingerprint density at radius 2 is 1.21 bits per heavy atom. The van der Waals surface area contributed by atoms with Gasteiger partial charge in [0, 0.05) is 5.56 Å². The summed E-state index contributed by atoms with van der Waals surface area (Å²) in [6, 6.07) is 0. The first-order valence-electron chi connectivity index (χ1n) is 12.2. The lowest BCUT2D eigenvalue weighted by molar-refractivity contribution is 0.0431. The van der Waals surface area contributed by atoms with E-state index >= 15 is 0 Å². The number of allylic oxidation sites excluding steroid dienone is 5. The number of hydrogen-bond donors (Lipinski definition) is 4. The monoisotopic (exact) mass is 458 g/mol. The molecule has 0 bridgehead atoms. The van der Waals surface area contributed by atoms with Gasteiger partial charge in [-0.1, -0.05) is 34.9 Å². The van der Waals surface area contributed by atoms with E-state index in [1.807, 2.05) is 27.7 Å². The van der Waals surface area contributed by atoms with Crippen LogP contribution < -0.4 is 0 Å². The maximum Gasteiger partial charge on any atom is 0.122 e. The number of rotatable bonds is 13. The fourth-order valence-electron chi connectivity index (χ4n) is 4.00. The van der Waals surface area contributed by atoms with Crippen LogP contribution in [0.25, 0.3) is 0 Å². The van der Waals surface area contributed by atoms with Gasteiger partial charge in [0.15, 0.2) is 0 Å². The molecule has 0 aliphatic rings. The lowest BCUT2D eigenvalue weighted by Gasteiger charge is -2.24. The Hall–Kier alpha value is -2.04. The SMILES string of the molecule is CC(=CCCC(C)=CCCC(C)=CCCC(C)(O)CCc1c(C)c(O)c(C)c(C)c1O)CO. The second-order valence-corrected chi connectivity index (χ2v) is 9.97. The highest BCUT2D eigenvalue weighted by Gasteiger charge is 2.23. The standard InChI is InChI=1S/C29H46O4/c1-20(13-9-14-22(3)19-30)11-8-12-21(2)15-10-17-29(7,33)18-16-26-25(6)27(31)23(4)24(5)28(26)32/h11,14-15,30-33H,8-10,12-13,16-19H2,1-7H3. The molecule has 1 unspecified atom stereocenters. The Morgan fingerprint density at radius 3 is 1.76 bits per heavy atom. The van der Waals surface area contributed by atoms with E-state index < -0.39 is 5.60 Å². The largest absolute Gasteiger partial charge is 0.507 e. The molecule has 0 saturated heterocycles. The lowest BCUT2D eigenvalue weighted by Crippen LogP contribution is -2.24. The molecule has 1 aromatic rings. The zero-order chi connectivity index (χ0) is 25.2. The third-order valence-corrected chi connectivity index (χ3v) is 6.77. The highest BCUT2D eigenvalue weighted by molar-refractivity contribution is 5.56. The van der Waals surface area contributed by atoms with Crippen molar-refractivity contribution in [3.8, 4) is 11.5 Å². The molecule has 0 aromatic heterocycles. The second-order valence-electron chi connectivity index (χ2n) is 9.97. The van der Waals surface area contributed by atoms with Gasteiger partial charge in [-0.2, -0.15) is 0 Å². The number of aliphatic hydroxyl groups is 2. The van der Waals surface area contributed by atoms with Gasteiger partial charge in [-0.3, -0.25) is 0 Å². The Bertz CT molecular complexity index is 843. The predicted molar refractivity (Wildman–Crippen MR) is 139 cm³/mol. The van der Waals surface area contributed by atoms with E-state index in [1.165, 1.54) is 11.1 Å². The van der Waals surface area contributed by atoms with Crippen LogP contribution in [0.15, 0.2) is 34.9 Å². The van der Waals surface area contributed by atoms with E-state index in [2.05, 4.69) is 32.1 Å². The first kappa shape index (κ1) is 29.0. The van der Waals surface area contributed by atoms with Gasteiger partial charge in [0.25, 0.3) is 0 Å². The minimum Gasteiger partial charge on any atom is -0.507 e. The van der Waals surface area contributed by atoms with Crippen molar-refractivity contribution in [3.05, 3.63) is 57.2 Å². The van der Waals surface area contributed by atoms with Crippen molar-refractivity contribution >= 4 is 0 Å². The number of aliphatic hydroxyl groups excluding tert-OH is 1. The first-order chi connectivity index (χ1) is 15.4. The summed E-state index contributed by atoms with van der Waals surface area (Å²) in [4.78, 5) is 0. The fraction of sp³-hybridized carbons (Fsp3) is 0.586. The lowest BCUT2D eigenvalue weighted by atomic mass is 9.88. The van der Waals surface area contributed by atoms with Crippen molar-refractivity contribution in [2.24, 2.45) is 0 Å². The maximum absolute atomic E-state index is 10.8. The van der Waals surface area contributed by atoms with Crippen LogP contribution in [0.4, 0.5) is 0 Å². The molecule has 4 N–H and O–H groups in total. The van der Waals surface area contributed by atoms with Gasteiger partial charge in [0.2, 0.25) is 0 Å². The summed E-state index contributed by atoms with van der Waals surface area (Å²) in [6.45, 7) is 13.7. The molecule has 186 valence electrons. The van der Waals surface area contributed by atoms with Crippen LogP contribution in [-0.4, -0.2) is 32.6 Å². The Morgan fingerprint density at radius 1 is 0.727 bits per heavy atom. The molecular formula is C29H46O4. The summed E-state index contributed by atoms with van der Waals surface area (Å²) in [5, 5.41) is 40.7. The van der Waals surface area contributed by atoms with Crippen molar-refractivity contribution in [2.45, 2.75) is 105 Å². The number of phenolic OH excluding ortho intramolecular Hbond substituents is 2. The van der Waals surface area contributed by atoms with E-state index in [0.717, 1.165) is 43.2 Å². The van der Waals surface area contributed by atoms with Crippen LogP contribution in [0.1, 0.15) is 94.9 Å². The van der Waals surface area contributed by atoms with E-state index in [1.54, 1.807) is 6.92 Å². The highest BCUT2D eigenvalue weighted by atomic mass is 16.3. The molecule has 0 aliphatic heterocycles. The summed E-state index contributed by atoms with van der Waals surface area (Å²) in [7, 11) is 0. The number of phenols is 2. The summed E-state index contributed by atoms with van der Waals surface area (Å²) >= 11 is 0. The van der Waals surface area contributed by atoms with Gasteiger partial charge in [-0.25, -0.2) is 0 Å². The van der Waals surface area contributed by atoms with Crippen LogP contribution >= 0.6 is 0 Å². The molecule has 0 fully saturated rings. The molecule has 1 rings (SSSR count). The molecule has 33 heavy (non-hydrogen) atoms. The summed E-state index contributed by atoms with van der Waals surface area (Å²) in [5.74, 6) is 0.469. The number of benzene rings is 1. The van der Waals surface area contributed by atoms with Crippen LogP contribution in [0.2, 0.25) is 0 Å². The second kappa shape index (κ2) is 13.6. The minimum atomic E-state index is -0.833. The van der Waals surface area contributed by atoms with E-state index in [4.69, 9.17) is 5.11 Å². The van der Waals surface area contributed by atoms with E-state index in [-0.39, 0.29) is 18.1 Å². The molecule has 0 heterocycles. The van der Waals surface area contributed by atoms with Crippen molar-refractivity contribution in [2.75, 3.05) is 6.61 Å². The molecule has 1 atom stereocenters. The Kier molecular flexibility index (Phi) is 12.0. The average molecular weight is 459 g/mol. The summed E-state index contributed by atoms with van der Waals surface area (Å²) in [5.41, 5.74) is 5.74. The van der Waals surface area contributed by atoms with Gasteiger partial charge in [-0.15, -0.1) is 0 Å². The van der Waals surface area contributed by atoms with Gasteiger partial charge in [0.1, 0.15) is 11.5 Å². The smallest absolute Gasteiger partial charge is 0.122 e. The molecule has 4 nitrogen and oxygen atoms in total. The van der Waals surface area contributed by atoms with E-state index in [9.17, 15) is 15.3 Å². The fourth-order valence-corrected chi connectivity index (χ4v) is 4.00. The molecule has 0 amide bonds. The maximum atomic E-state index is 10.8. The van der Waals surface area contributed by atoms with Crippen LogP contribution in [0.5, 0.6) is 11.5 Å². The molecule has 0 radical (unpaired) electrons. The minimum absolute atomic E-state index is 0.136. The molecule has 0 aliphatic carbocycles. The molecule has 1 aromatic carbocycles. The average Bonchev–Trinajstić information content (AvgIpc) is 2.76. The van der Waals surface area contributed by atoms with E-state index in [0.29, 0.717) is 36.0 Å². The normalized spacial score (nSPS) is 15.1. The van der Waals surface area contributed by atoms with Crippen LogP contribution in [-0.2, 0) is 6.42 Å². The molecule has 0 spiro atoms. The van der Waals surface area contributed by atoms with Crippen molar-refractivity contribution in [1.29, 1.82) is 0 Å². The zero-order valence-electron chi connectivity index (χ0n) is 21.9. The zero-order valence-corrected chi connectivity index (χ0v) is 21.9. The first-order valence-corrected chi connectivity index (χ1v) is 12.2. The van der Waals surface area contributed by atoms with Gasteiger partial charge in [0.05, 0.1) is 12.2 Å². The topological polar surface area (TPSA) is 80.9 Å². The Balaban J connectivity index is 2.51. The van der Waals surface area contributed by atoms with Gasteiger partial charge in [-0.05, 0) is 117 Å². The van der Waals surface area contributed by atoms with Gasteiger partial charge < -0.3 is 20.4 Å². The third-order valence-electron chi connectivity index (χ3n) is 6.77. The quantitative estimate of drug-likeness (QED) is 0.192. The summed E-state index contributed by atoms with van der Waals surface area (Å²) < 4.78 is 0. The van der Waals surface area contributed by atoms with Gasteiger partial charge >= 0.3 is 0 Å². The highest BCUT2D eigenvalue weighted by Crippen LogP contribution is 2.37. The molecule has 4 heteroatoms. The van der Waals surface area contributed by atoms with Crippen molar-refractivity contribution < 1.29 is 20.4 Å². The molecule has 0 saturated carbocycles.